The Balaban J connectivity index is 1.48. The van der Waals surface area contributed by atoms with Crippen molar-refractivity contribution in [1.82, 2.24) is 4.90 Å². The second kappa shape index (κ2) is 9.43. The predicted octanol–water partition coefficient (Wildman–Crippen LogP) is 5.21. The topological polar surface area (TPSA) is 104 Å². The lowest BCUT2D eigenvalue weighted by Crippen LogP contribution is -2.47. The van der Waals surface area contributed by atoms with Gasteiger partial charge in [-0.2, -0.15) is 8.42 Å². The minimum Gasteiger partial charge on any atom is -0.456 e. The summed E-state index contributed by atoms with van der Waals surface area (Å²) in [5, 5.41) is 0. The highest BCUT2D eigenvalue weighted by atomic mass is 35.7. The van der Waals surface area contributed by atoms with Gasteiger partial charge in [0, 0.05) is 57.3 Å². The molecule has 2 aromatic rings. The van der Waals surface area contributed by atoms with E-state index >= 15 is 0 Å². The molecule has 42 heavy (non-hydrogen) atoms. The highest BCUT2D eigenvalue weighted by Crippen LogP contribution is 2.54. The first-order chi connectivity index (χ1) is 20.1. The number of benzene rings is 2. The summed E-state index contributed by atoms with van der Waals surface area (Å²) >= 11 is 0. The average Bonchev–Trinajstić information content (AvgIpc) is 2.96. The summed E-state index contributed by atoms with van der Waals surface area (Å²) in [6, 6.07) is 6.06. The molecule has 8 rings (SSSR count). The number of allylic oxidation sites excluding steroid dienone is 1. The molecule has 0 amide bonds. The molecule has 1 unspecified atom stereocenters. The summed E-state index contributed by atoms with van der Waals surface area (Å²) in [5.74, 6) is 1.53. The molecule has 2 saturated heterocycles. The van der Waals surface area contributed by atoms with Crippen molar-refractivity contribution >= 4 is 41.1 Å². The first kappa shape index (κ1) is 27.0. The third kappa shape index (κ3) is 4.06. The van der Waals surface area contributed by atoms with Crippen molar-refractivity contribution in [3.8, 4) is 5.75 Å². The van der Waals surface area contributed by atoms with E-state index in [0.717, 1.165) is 112 Å². The fourth-order valence-corrected chi connectivity index (χ4v) is 9.72. The monoisotopic (exact) mass is 626 g/mol. The Morgan fingerprint density at radius 2 is 1.62 bits per heavy atom. The van der Waals surface area contributed by atoms with Gasteiger partial charge in [-0.05, 0) is 105 Å². The van der Waals surface area contributed by atoms with E-state index in [0.29, 0.717) is 5.57 Å². The molecule has 2 aromatic carbocycles. The van der Waals surface area contributed by atoms with Crippen LogP contribution in [0, 0.1) is 0 Å². The van der Waals surface area contributed by atoms with Crippen LogP contribution < -0.4 is 9.64 Å². The Morgan fingerprint density at radius 3 is 2.38 bits per heavy atom. The molecule has 0 spiro atoms. The van der Waals surface area contributed by atoms with Gasteiger partial charge >= 0.3 is 0 Å². The molecule has 2 fully saturated rings. The van der Waals surface area contributed by atoms with Gasteiger partial charge in [0.15, 0.2) is 0 Å². The molecule has 11 heteroatoms. The number of rotatable bonds is 3. The maximum atomic E-state index is 12.9. The SMILES string of the molecule is O=S(=O)(O)c1cc(S(=O)(=O)Cl)ccc1C1=C2C=C3CCCN4CCCC(=C2Oc2c1cc1c5c2CCCN5CCC1)C34. The molecule has 0 saturated carbocycles. The summed E-state index contributed by atoms with van der Waals surface area (Å²) in [5.41, 5.74) is 8.61. The lowest BCUT2D eigenvalue weighted by Gasteiger charge is -2.47. The van der Waals surface area contributed by atoms with E-state index in [9.17, 15) is 21.4 Å². The Labute approximate surface area is 250 Å². The van der Waals surface area contributed by atoms with Gasteiger partial charge in [-0.25, -0.2) is 8.42 Å². The standard InChI is InChI=1S/C31H31ClN2O6S2/c32-41(35,36)20-9-10-21(26(17-20)42(37,38)39)27-24-15-18-5-1-11-33-13-3-7-22(28(18)33)30(24)40-31-23-8-4-14-34-12-2-6-19(29(23)34)16-25(27)31/h9-10,15-17,28H,1-8,11-14H2,(H,37,38,39). The van der Waals surface area contributed by atoms with Crippen LogP contribution in [0.5, 0.6) is 5.75 Å². The van der Waals surface area contributed by atoms with Gasteiger partial charge in [0.25, 0.3) is 19.2 Å². The van der Waals surface area contributed by atoms with Crippen molar-refractivity contribution in [1.29, 1.82) is 0 Å². The highest BCUT2D eigenvalue weighted by molar-refractivity contribution is 8.13. The number of nitrogens with zero attached hydrogens (tertiary/aromatic N) is 2. The Hall–Kier alpha value is -2.63. The lowest BCUT2D eigenvalue weighted by atomic mass is 9.75. The van der Waals surface area contributed by atoms with Crippen LogP contribution in [0.25, 0.3) is 5.57 Å². The van der Waals surface area contributed by atoms with Gasteiger partial charge in [0.05, 0.1) is 10.9 Å². The maximum Gasteiger partial charge on any atom is 0.295 e. The molecular formula is C31H31ClN2O6S2. The van der Waals surface area contributed by atoms with E-state index in [2.05, 4.69) is 21.9 Å². The number of anilines is 1. The van der Waals surface area contributed by atoms with E-state index in [1.54, 1.807) is 0 Å². The minimum atomic E-state index is -4.83. The van der Waals surface area contributed by atoms with Crippen molar-refractivity contribution in [2.45, 2.75) is 67.2 Å². The first-order valence-electron chi connectivity index (χ1n) is 14.7. The molecule has 0 bridgehead atoms. The molecule has 6 aliphatic rings. The van der Waals surface area contributed by atoms with Crippen LogP contribution in [-0.4, -0.2) is 58.5 Å². The van der Waals surface area contributed by atoms with E-state index in [-0.39, 0.29) is 16.5 Å². The van der Waals surface area contributed by atoms with Crippen LogP contribution in [0.1, 0.15) is 60.8 Å². The van der Waals surface area contributed by atoms with Crippen molar-refractivity contribution in [2.24, 2.45) is 0 Å². The number of hydrogen-bond acceptors (Lipinski definition) is 7. The largest absolute Gasteiger partial charge is 0.456 e. The molecule has 5 heterocycles. The molecular weight excluding hydrogens is 596 g/mol. The fourth-order valence-electron chi connectivity index (χ4n) is 8.14. The van der Waals surface area contributed by atoms with Crippen LogP contribution >= 0.6 is 10.7 Å². The molecule has 220 valence electrons. The van der Waals surface area contributed by atoms with E-state index in [1.807, 2.05) is 0 Å². The van der Waals surface area contributed by atoms with Crippen LogP contribution in [-0.2, 0) is 32.0 Å². The third-order valence-electron chi connectivity index (χ3n) is 9.71. The van der Waals surface area contributed by atoms with E-state index < -0.39 is 24.1 Å². The Morgan fingerprint density at radius 1 is 0.881 bits per heavy atom. The molecule has 0 aromatic heterocycles. The second-order valence-corrected chi connectivity index (χ2v) is 16.1. The predicted molar refractivity (Wildman–Crippen MR) is 160 cm³/mol. The summed E-state index contributed by atoms with van der Waals surface area (Å²) in [6.07, 6.45) is 9.88. The van der Waals surface area contributed by atoms with Gasteiger partial charge in [-0.15, -0.1) is 0 Å². The Kier molecular flexibility index (Phi) is 6.05. The number of fused-ring (bicyclic) bond motifs is 3. The van der Waals surface area contributed by atoms with Crippen LogP contribution in [0.15, 0.2) is 62.6 Å². The minimum absolute atomic E-state index is 0.185. The fraction of sp³-hybridized carbons (Fsp3) is 0.419. The zero-order valence-electron chi connectivity index (χ0n) is 23.0. The summed E-state index contributed by atoms with van der Waals surface area (Å²) < 4.78 is 67.6. The molecule has 1 N–H and O–H groups in total. The highest BCUT2D eigenvalue weighted by Gasteiger charge is 2.43. The van der Waals surface area contributed by atoms with Gasteiger partial charge in [-0.3, -0.25) is 9.45 Å². The molecule has 5 aliphatic heterocycles. The zero-order chi connectivity index (χ0) is 29.0. The number of halogens is 1. The van der Waals surface area contributed by atoms with Crippen LogP contribution in [0.4, 0.5) is 5.69 Å². The van der Waals surface area contributed by atoms with E-state index in [1.165, 1.54) is 34.5 Å². The quantitative estimate of drug-likeness (QED) is 0.366. The number of piperidine rings is 2. The molecule has 1 aliphatic carbocycles. The summed E-state index contributed by atoms with van der Waals surface area (Å²) in [6.45, 7) is 4.09. The summed E-state index contributed by atoms with van der Waals surface area (Å²) in [4.78, 5) is 4.11. The second-order valence-electron chi connectivity index (χ2n) is 12.1. The number of ether oxygens (including phenoxy) is 1. The van der Waals surface area contributed by atoms with Crippen molar-refractivity contribution in [3.05, 3.63) is 75.1 Å². The lowest BCUT2D eigenvalue weighted by molar-refractivity contribution is 0.178. The van der Waals surface area contributed by atoms with Gasteiger partial charge in [0.1, 0.15) is 16.4 Å². The third-order valence-corrected chi connectivity index (χ3v) is 12.0. The maximum absolute atomic E-state index is 12.9. The zero-order valence-corrected chi connectivity index (χ0v) is 25.4. The van der Waals surface area contributed by atoms with Gasteiger partial charge in [-0.1, -0.05) is 6.07 Å². The number of hydrogen-bond donors (Lipinski definition) is 1. The normalized spacial score (nSPS) is 23.4. The first-order valence-corrected chi connectivity index (χ1v) is 18.5. The smallest absolute Gasteiger partial charge is 0.295 e. The van der Waals surface area contributed by atoms with Crippen LogP contribution in [0.3, 0.4) is 0 Å². The molecule has 1 atom stereocenters. The van der Waals surface area contributed by atoms with Crippen molar-refractivity contribution in [2.75, 3.05) is 31.1 Å². The number of aryl methyl sites for hydroxylation is 1. The average molecular weight is 627 g/mol. The van der Waals surface area contributed by atoms with Gasteiger partial charge < -0.3 is 9.64 Å². The van der Waals surface area contributed by atoms with E-state index in [4.69, 9.17) is 15.4 Å². The summed E-state index contributed by atoms with van der Waals surface area (Å²) in [7, 11) is -3.45. The van der Waals surface area contributed by atoms with Crippen molar-refractivity contribution < 1.29 is 26.1 Å². The van der Waals surface area contributed by atoms with Gasteiger partial charge in [0.2, 0.25) is 0 Å². The van der Waals surface area contributed by atoms with Crippen molar-refractivity contribution in [3.63, 3.8) is 0 Å². The molecule has 0 radical (unpaired) electrons. The Bertz CT molecular complexity index is 1890. The molecule has 8 nitrogen and oxygen atoms in total. The van der Waals surface area contributed by atoms with Crippen LogP contribution in [0.2, 0.25) is 0 Å².